The second kappa shape index (κ2) is 9.74. The first-order chi connectivity index (χ1) is 19.3. The molecule has 8 nitrogen and oxygen atoms in total. The van der Waals surface area contributed by atoms with Crippen molar-refractivity contribution >= 4 is 35.2 Å². The van der Waals surface area contributed by atoms with Gasteiger partial charge in [0.2, 0.25) is 0 Å². The summed E-state index contributed by atoms with van der Waals surface area (Å²) in [5, 5.41) is 0. The van der Waals surface area contributed by atoms with Crippen LogP contribution in [0.1, 0.15) is 60.0 Å². The maximum Gasteiger partial charge on any atom is 0.308 e. The molecular formula is C32H22N2O6. The van der Waals surface area contributed by atoms with Crippen LogP contribution in [-0.4, -0.2) is 40.4 Å². The van der Waals surface area contributed by atoms with Crippen molar-refractivity contribution < 1.29 is 28.7 Å². The minimum Gasteiger partial charge on any atom is -0.427 e. The van der Waals surface area contributed by atoms with Gasteiger partial charge in [0.15, 0.2) is 5.78 Å². The molecule has 0 bridgehead atoms. The molecule has 6 rings (SSSR count). The van der Waals surface area contributed by atoms with E-state index in [2.05, 4.69) is 0 Å². The van der Waals surface area contributed by atoms with Crippen molar-refractivity contribution in [3.05, 3.63) is 131 Å². The maximum absolute atomic E-state index is 13.7. The molecule has 3 amide bonds. The Hall–Kier alpha value is -5.37. The summed E-state index contributed by atoms with van der Waals surface area (Å²) >= 11 is 0. The van der Waals surface area contributed by atoms with E-state index in [1.54, 1.807) is 42.5 Å². The fraction of sp³-hybridized carbons (Fsp3) is 0.0938. The molecule has 0 saturated carbocycles. The number of benzene rings is 4. The van der Waals surface area contributed by atoms with Gasteiger partial charge < -0.3 is 9.64 Å². The van der Waals surface area contributed by atoms with Crippen LogP contribution in [0.3, 0.4) is 0 Å². The highest BCUT2D eigenvalue weighted by Crippen LogP contribution is 2.46. The molecule has 4 aromatic carbocycles. The molecule has 40 heavy (non-hydrogen) atoms. The van der Waals surface area contributed by atoms with Gasteiger partial charge in [-0.25, -0.2) is 4.90 Å². The Morgan fingerprint density at radius 2 is 1.38 bits per heavy atom. The second-order valence-corrected chi connectivity index (χ2v) is 9.54. The summed E-state index contributed by atoms with van der Waals surface area (Å²) in [7, 11) is 0. The second-order valence-electron chi connectivity index (χ2n) is 9.54. The SMILES string of the molecule is CC(=O)Oc1cccc(N2C(=O)c3ccc(C(=O)N4[C@H](C(=O)c5ccccc5)[C@H]4c4ccccc4)cc3C2=O)c1. The highest BCUT2D eigenvalue weighted by atomic mass is 16.5. The molecule has 2 heterocycles. The van der Waals surface area contributed by atoms with Crippen LogP contribution in [0, 0.1) is 0 Å². The molecular weight excluding hydrogens is 508 g/mol. The summed E-state index contributed by atoms with van der Waals surface area (Å²) in [5.74, 6) is -2.08. The highest BCUT2D eigenvalue weighted by molar-refractivity contribution is 6.34. The zero-order valence-electron chi connectivity index (χ0n) is 21.3. The van der Waals surface area contributed by atoms with Gasteiger partial charge >= 0.3 is 5.97 Å². The van der Waals surface area contributed by atoms with Crippen LogP contribution in [0.5, 0.6) is 5.75 Å². The fourth-order valence-electron chi connectivity index (χ4n) is 5.13. The Kier molecular flexibility index (Phi) is 6.07. The number of carbonyl (C=O) groups excluding carboxylic acids is 5. The molecule has 1 saturated heterocycles. The maximum atomic E-state index is 13.7. The summed E-state index contributed by atoms with van der Waals surface area (Å²) in [6.07, 6.45) is 0. The lowest BCUT2D eigenvalue weighted by molar-refractivity contribution is -0.131. The van der Waals surface area contributed by atoms with Gasteiger partial charge in [0, 0.05) is 24.1 Å². The zero-order valence-corrected chi connectivity index (χ0v) is 21.3. The minimum absolute atomic E-state index is 0.0813. The van der Waals surface area contributed by atoms with E-state index < -0.39 is 35.8 Å². The van der Waals surface area contributed by atoms with Crippen LogP contribution in [0.15, 0.2) is 103 Å². The first kappa shape index (κ1) is 24.9. The number of carbonyl (C=O) groups is 5. The van der Waals surface area contributed by atoms with Gasteiger partial charge in [-0.3, -0.25) is 24.0 Å². The molecule has 0 radical (unpaired) electrons. The van der Waals surface area contributed by atoms with Crippen molar-refractivity contribution in [2.75, 3.05) is 4.90 Å². The highest BCUT2D eigenvalue weighted by Gasteiger charge is 2.56. The van der Waals surface area contributed by atoms with Crippen molar-refractivity contribution in [2.45, 2.75) is 19.0 Å². The predicted molar refractivity (Wildman–Crippen MR) is 145 cm³/mol. The van der Waals surface area contributed by atoms with Crippen molar-refractivity contribution in [1.82, 2.24) is 4.90 Å². The Morgan fingerprint density at radius 3 is 2.08 bits per heavy atom. The van der Waals surface area contributed by atoms with Gasteiger partial charge in [-0.2, -0.15) is 0 Å². The third-order valence-electron chi connectivity index (χ3n) is 6.98. The van der Waals surface area contributed by atoms with E-state index in [0.717, 1.165) is 10.5 Å². The third-order valence-corrected chi connectivity index (χ3v) is 6.98. The van der Waals surface area contributed by atoms with E-state index in [4.69, 9.17) is 4.74 Å². The number of fused-ring (bicyclic) bond motifs is 1. The van der Waals surface area contributed by atoms with E-state index in [1.807, 2.05) is 36.4 Å². The lowest BCUT2D eigenvalue weighted by Crippen LogP contribution is -2.29. The largest absolute Gasteiger partial charge is 0.427 e. The molecule has 2 aliphatic rings. The van der Waals surface area contributed by atoms with Gasteiger partial charge in [0.05, 0.1) is 22.9 Å². The first-order valence-corrected chi connectivity index (χ1v) is 12.6. The molecule has 0 aliphatic carbocycles. The predicted octanol–water partition coefficient (Wildman–Crippen LogP) is 4.86. The Morgan fingerprint density at radius 1 is 0.700 bits per heavy atom. The van der Waals surface area contributed by atoms with Crippen molar-refractivity contribution in [3.63, 3.8) is 0 Å². The standard InChI is InChI=1S/C32H22N2O6/c1-19(35)40-24-14-8-13-23(18-24)33-31(38)25-16-15-22(17-26(25)32(33)39)30(37)34-27(20-9-4-2-5-10-20)28(34)29(36)21-11-6-3-7-12-21/h2-18,27-28H,1H3/t27-,28+,34?/m1/s1. The molecule has 0 unspecified atom stereocenters. The molecule has 8 heteroatoms. The summed E-state index contributed by atoms with van der Waals surface area (Å²) in [5.41, 5.74) is 2.00. The smallest absolute Gasteiger partial charge is 0.308 e. The average molecular weight is 531 g/mol. The number of amides is 3. The van der Waals surface area contributed by atoms with Crippen molar-refractivity contribution in [3.8, 4) is 5.75 Å². The summed E-state index contributed by atoms with van der Waals surface area (Å²) in [6.45, 7) is 1.25. The van der Waals surface area contributed by atoms with Gasteiger partial charge in [0.25, 0.3) is 17.7 Å². The Balaban J connectivity index is 1.31. The monoisotopic (exact) mass is 530 g/mol. The molecule has 196 valence electrons. The van der Waals surface area contributed by atoms with Gasteiger partial charge in [0.1, 0.15) is 11.8 Å². The topological polar surface area (TPSA) is 101 Å². The fourth-order valence-corrected chi connectivity index (χ4v) is 5.13. The van der Waals surface area contributed by atoms with E-state index in [-0.39, 0.29) is 33.9 Å². The van der Waals surface area contributed by atoms with Gasteiger partial charge in [-0.05, 0) is 35.9 Å². The molecule has 0 N–H and O–H groups in total. The van der Waals surface area contributed by atoms with Crippen molar-refractivity contribution in [1.29, 1.82) is 0 Å². The summed E-state index contributed by atoms with van der Waals surface area (Å²) in [4.78, 5) is 67.5. The normalized spacial score (nSPS) is 17.4. The Bertz CT molecular complexity index is 1700. The van der Waals surface area contributed by atoms with E-state index in [0.29, 0.717) is 5.56 Å². The minimum atomic E-state index is -0.691. The van der Waals surface area contributed by atoms with Gasteiger partial charge in [-0.15, -0.1) is 0 Å². The molecule has 0 aromatic heterocycles. The van der Waals surface area contributed by atoms with Crippen LogP contribution >= 0.6 is 0 Å². The van der Waals surface area contributed by atoms with Gasteiger partial charge in [-0.1, -0.05) is 66.7 Å². The summed E-state index contributed by atoms with van der Waals surface area (Å²) in [6, 6.07) is 27.4. The number of Topliss-reactive ketones (excluding diaryl/α,β-unsaturated/α-hetero) is 1. The average Bonchev–Trinajstić information content (AvgIpc) is 3.67. The van der Waals surface area contributed by atoms with Crippen molar-refractivity contribution in [2.24, 2.45) is 0 Å². The summed E-state index contributed by atoms with van der Waals surface area (Å²) < 4.78 is 5.09. The zero-order chi connectivity index (χ0) is 28.0. The number of esters is 1. The Labute approximate surface area is 229 Å². The molecule has 2 aliphatic heterocycles. The number of ketones is 1. The van der Waals surface area contributed by atoms with E-state index in [1.165, 1.54) is 36.1 Å². The van der Waals surface area contributed by atoms with E-state index in [9.17, 15) is 24.0 Å². The van der Waals surface area contributed by atoms with Crippen LogP contribution in [0.4, 0.5) is 5.69 Å². The molecule has 1 fully saturated rings. The van der Waals surface area contributed by atoms with Crippen LogP contribution in [0.25, 0.3) is 0 Å². The molecule has 4 aromatic rings. The lowest BCUT2D eigenvalue weighted by Gasteiger charge is -2.14. The van der Waals surface area contributed by atoms with Crippen LogP contribution in [-0.2, 0) is 4.79 Å². The number of rotatable bonds is 6. The number of hydrogen-bond acceptors (Lipinski definition) is 6. The first-order valence-electron chi connectivity index (χ1n) is 12.6. The lowest BCUT2D eigenvalue weighted by atomic mass is 10.0. The molecule has 2 atom stereocenters. The quantitative estimate of drug-likeness (QED) is 0.116. The van der Waals surface area contributed by atoms with Crippen LogP contribution < -0.4 is 9.64 Å². The number of imide groups is 1. The number of ether oxygens (including phenoxy) is 1. The number of hydrogen-bond donors (Lipinski definition) is 0. The third kappa shape index (κ3) is 4.25. The number of anilines is 1. The molecule has 0 spiro atoms. The van der Waals surface area contributed by atoms with Crippen LogP contribution in [0.2, 0.25) is 0 Å². The van der Waals surface area contributed by atoms with E-state index >= 15 is 0 Å². The number of nitrogens with zero attached hydrogens (tertiary/aromatic N) is 2.